The van der Waals surface area contributed by atoms with Crippen LogP contribution in [0.3, 0.4) is 0 Å². The molecule has 0 radical (unpaired) electrons. The molecule has 1 saturated heterocycles. The number of nitrogens with one attached hydrogen (secondary N) is 1. The molecule has 1 fully saturated rings. The second kappa shape index (κ2) is 6.00. The first-order chi connectivity index (χ1) is 9.85. The number of hydrogen-bond donors (Lipinski definition) is 2. The van der Waals surface area contributed by atoms with Crippen LogP contribution in [0.25, 0.3) is 0 Å². The Morgan fingerprint density at radius 2 is 2.00 bits per heavy atom. The van der Waals surface area contributed by atoms with Crippen LogP contribution in [0.15, 0.2) is 24.5 Å². The van der Waals surface area contributed by atoms with E-state index < -0.39 is 0 Å². The van der Waals surface area contributed by atoms with Crippen LogP contribution in [-0.2, 0) is 6.42 Å². The molecule has 0 atom stereocenters. The van der Waals surface area contributed by atoms with Gasteiger partial charge >= 0.3 is 0 Å². The van der Waals surface area contributed by atoms with Crippen LogP contribution in [0.2, 0.25) is 0 Å². The summed E-state index contributed by atoms with van der Waals surface area (Å²) in [6, 6.07) is 3.99. The van der Waals surface area contributed by atoms with Gasteiger partial charge in [-0.2, -0.15) is 4.98 Å². The number of aromatic nitrogens is 4. The number of hydrogen-bond acceptors (Lipinski definition) is 5. The molecule has 6 nitrogen and oxygen atoms in total. The Kier molecular flexibility index (Phi) is 3.92. The zero-order valence-corrected chi connectivity index (χ0v) is 11.5. The van der Waals surface area contributed by atoms with E-state index in [1.54, 1.807) is 12.4 Å². The van der Waals surface area contributed by atoms with Crippen LogP contribution in [0.5, 0.6) is 0 Å². The molecule has 1 aliphatic rings. The summed E-state index contributed by atoms with van der Waals surface area (Å²) in [6.45, 7) is 2.78. The highest BCUT2D eigenvalue weighted by molar-refractivity contribution is 5.30. The van der Waals surface area contributed by atoms with E-state index in [4.69, 9.17) is 5.73 Å². The molecule has 20 heavy (non-hydrogen) atoms. The first-order valence-electron chi connectivity index (χ1n) is 7.10. The molecule has 0 amide bonds. The van der Waals surface area contributed by atoms with Gasteiger partial charge in [0.25, 0.3) is 0 Å². The molecule has 0 spiro atoms. The summed E-state index contributed by atoms with van der Waals surface area (Å²) >= 11 is 0. The lowest BCUT2D eigenvalue weighted by molar-refractivity contribution is 0.411. The lowest BCUT2D eigenvalue weighted by Gasteiger charge is -2.30. The Hall–Kier alpha value is -1.95. The summed E-state index contributed by atoms with van der Waals surface area (Å²) in [5.41, 5.74) is 6.90. The lowest BCUT2D eigenvalue weighted by atomic mass is 9.97. The fourth-order valence-electron chi connectivity index (χ4n) is 2.57. The van der Waals surface area contributed by atoms with Crippen molar-refractivity contribution in [1.29, 1.82) is 0 Å². The second-order valence-electron chi connectivity index (χ2n) is 5.28. The van der Waals surface area contributed by atoms with Crippen molar-refractivity contribution in [1.82, 2.24) is 20.2 Å². The Bertz CT molecular complexity index is 530. The van der Waals surface area contributed by atoms with E-state index in [1.807, 2.05) is 12.1 Å². The van der Waals surface area contributed by atoms with Gasteiger partial charge in [-0.1, -0.05) is 0 Å². The zero-order chi connectivity index (χ0) is 13.8. The van der Waals surface area contributed by atoms with Gasteiger partial charge in [0.2, 0.25) is 5.95 Å². The Morgan fingerprint density at radius 3 is 2.70 bits per heavy atom. The van der Waals surface area contributed by atoms with Gasteiger partial charge in [0.05, 0.1) is 0 Å². The summed E-state index contributed by atoms with van der Waals surface area (Å²) in [5.74, 6) is 2.36. The first kappa shape index (κ1) is 13.1. The number of anilines is 1. The van der Waals surface area contributed by atoms with E-state index in [9.17, 15) is 0 Å². The molecule has 0 saturated carbocycles. The molecule has 106 valence electrons. The van der Waals surface area contributed by atoms with E-state index in [2.05, 4.69) is 25.1 Å². The van der Waals surface area contributed by atoms with E-state index in [0.717, 1.165) is 50.7 Å². The maximum Gasteiger partial charge on any atom is 0.244 e. The van der Waals surface area contributed by atoms with E-state index >= 15 is 0 Å². The van der Waals surface area contributed by atoms with Gasteiger partial charge in [-0.15, -0.1) is 5.10 Å². The summed E-state index contributed by atoms with van der Waals surface area (Å²) in [4.78, 5) is 10.8. The van der Waals surface area contributed by atoms with Crippen molar-refractivity contribution < 1.29 is 0 Å². The van der Waals surface area contributed by atoms with Gasteiger partial charge in [-0.25, -0.2) is 0 Å². The molecule has 1 aliphatic heterocycles. The zero-order valence-electron chi connectivity index (χ0n) is 11.5. The van der Waals surface area contributed by atoms with Gasteiger partial charge in [0, 0.05) is 31.9 Å². The average Bonchev–Trinajstić information content (AvgIpc) is 2.97. The number of H-pyrrole nitrogens is 1. The second-order valence-corrected chi connectivity index (χ2v) is 5.28. The van der Waals surface area contributed by atoms with Gasteiger partial charge in [-0.3, -0.25) is 10.1 Å². The minimum absolute atomic E-state index is 0.654. The van der Waals surface area contributed by atoms with Gasteiger partial charge in [0.1, 0.15) is 5.82 Å². The van der Waals surface area contributed by atoms with Crippen LogP contribution in [0.1, 0.15) is 24.2 Å². The Labute approximate surface area is 118 Å². The molecule has 0 aliphatic carbocycles. The van der Waals surface area contributed by atoms with Crippen molar-refractivity contribution in [2.24, 2.45) is 11.7 Å². The maximum atomic E-state index is 5.72. The number of aromatic amines is 1. The molecular formula is C14H20N6. The molecule has 0 unspecified atom stereocenters. The number of nitrogens with zero attached hydrogens (tertiary/aromatic N) is 4. The molecule has 0 aromatic carbocycles. The molecule has 3 heterocycles. The number of piperidine rings is 1. The third-order valence-corrected chi connectivity index (χ3v) is 3.87. The topological polar surface area (TPSA) is 83.7 Å². The summed E-state index contributed by atoms with van der Waals surface area (Å²) < 4.78 is 0. The van der Waals surface area contributed by atoms with E-state index in [0.29, 0.717) is 5.92 Å². The molecule has 0 bridgehead atoms. The SMILES string of the molecule is NCC1CCN(c2n[nH]c(Cc3ccncc3)n2)CC1. The third-order valence-electron chi connectivity index (χ3n) is 3.87. The van der Waals surface area contributed by atoms with Crippen molar-refractivity contribution in [2.45, 2.75) is 19.3 Å². The van der Waals surface area contributed by atoms with Crippen LogP contribution in [0, 0.1) is 5.92 Å². The highest BCUT2D eigenvalue weighted by atomic mass is 15.4. The van der Waals surface area contributed by atoms with Gasteiger partial charge in [0.15, 0.2) is 0 Å². The van der Waals surface area contributed by atoms with Gasteiger partial charge in [-0.05, 0) is 43.0 Å². The van der Waals surface area contributed by atoms with Crippen LogP contribution >= 0.6 is 0 Å². The lowest BCUT2D eigenvalue weighted by Crippen LogP contribution is -2.36. The largest absolute Gasteiger partial charge is 0.340 e. The molecule has 2 aromatic rings. The van der Waals surface area contributed by atoms with Crippen molar-refractivity contribution in [3.8, 4) is 0 Å². The summed E-state index contributed by atoms with van der Waals surface area (Å²) in [5, 5.41) is 7.36. The maximum absolute atomic E-state index is 5.72. The highest BCUT2D eigenvalue weighted by Gasteiger charge is 2.20. The van der Waals surface area contributed by atoms with E-state index in [1.165, 1.54) is 5.56 Å². The molecule has 2 aromatic heterocycles. The molecule has 3 N–H and O–H groups in total. The quantitative estimate of drug-likeness (QED) is 0.866. The fraction of sp³-hybridized carbons (Fsp3) is 0.500. The molecular weight excluding hydrogens is 252 g/mol. The van der Waals surface area contributed by atoms with Crippen LogP contribution in [-0.4, -0.2) is 39.8 Å². The monoisotopic (exact) mass is 272 g/mol. The minimum atomic E-state index is 0.654. The fourth-order valence-corrected chi connectivity index (χ4v) is 2.57. The number of rotatable bonds is 4. The predicted molar refractivity (Wildman–Crippen MR) is 77.4 cm³/mol. The normalized spacial score (nSPS) is 16.6. The van der Waals surface area contributed by atoms with Crippen molar-refractivity contribution in [3.05, 3.63) is 35.9 Å². The highest BCUT2D eigenvalue weighted by Crippen LogP contribution is 2.20. The smallest absolute Gasteiger partial charge is 0.244 e. The minimum Gasteiger partial charge on any atom is -0.340 e. The third kappa shape index (κ3) is 2.96. The summed E-state index contributed by atoms with van der Waals surface area (Å²) in [7, 11) is 0. The van der Waals surface area contributed by atoms with E-state index in [-0.39, 0.29) is 0 Å². The first-order valence-corrected chi connectivity index (χ1v) is 7.10. The summed E-state index contributed by atoms with van der Waals surface area (Å²) in [6.07, 6.45) is 6.61. The van der Waals surface area contributed by atoms with Crippen LogP contribution in [0.4, 0.5) is 5.95 Å². The van der Waals surface area contributed by atoms with Crippen molar-refractivity contribution in [3.63, 3.8) is 0 Å². The standard InChI is InChI=1S/C14H20N6/c15-10-12-3-7-20(8-4-12)14-17-13(18-19-14)9-11-1-5-16-6-2-11/h1-2,5-6,12H,3-4,7-10,15H2,(H,17,18,19). The van der Waals surface area contributed by atoms with Gasteiger partial charge < -0.3 is 10.6 Å². The average molecular weight is 272 g/mol. The molecule has 6 heteroatoms. The Balaban J connectivity index is 1.62. The number of pyridine rings is 1. The van der Waals surface area contributed by atoms with Crippen molar-refractivity contribution >= 4 is 5.95 Å². The van der Waals surface area contributed by atoms with Crippen LogP contribution < -0.4 is 10.6 Å². The predicted octanol–water partition coefficient (Wildman–Crippen LogP) is 0.966. The molecule has 3 rings (SSSR count). The Morgan fingerprint density at radius 1 is 1.25 bits per heavy atom. The number of nitrogens with two attached hydrogens (primary N) is 1. The van der Waals surface area contributed by atoms with Crippen molar-refractivity contribution in [2.75, 3.05) is 24.5 Å².